The third-order valence-electron chi connectivity index (χ3n) is 3.08. The summed E-state index contributed by atoms with van der Waals surface area (Å²) >= 11 is 0. The van der Waals surface area contributed by atoms with Gasteiger partial charge in [-0.25, -0.2) is 5.90 Å². The zero-order valence-electron chi connectivity index (χ0n) is 8.83. The molecule has 0 heterocycles. The average molecular weight is 207 g/mol. The van der Waals surface area contributed by atoms with E-state index in [9.17, 15) is 5.11 Å². The predicted octanol–water partition coefficient (Wildman–Crippen LogP) is 1.70. The van der Waals surface area contributed by atoms with Gasteiger partial charge in [-0.05, 0) is 42.4 Å². The Hall–Kier alpha value is -1.06. The van der Waals surface area contributed by atoms with E-state index < -0.39 is 0 Å². The van der Waals surface area contributed by atoms with E-state index in [2.05, 4.69) is 10.9 Å². The van der Waals surface area contributed by atoms with Crippen molar-refractivity contribution in [2.75, 3.05) is 6.61 Å². The molecule has 0 saturated heterocycles. The Morgan fingerprint density at radius 1 is 1.27 bits per heavy atom. The van der Waals surface area contributed by atoms with E-state index in [1.54, 1.807) is 0 Å². The molecule has 1 aromatic carbocycles. The van der Waals surface area contributed by atoms with Crippen molar-refractivity contribution in [1.82, 2.24) is 0 Å². The zero-order valence-corrected chi connectivity index (χ0v) is 8.83. The molecule has 15 heavy (non-hydrogen) atoms. The van der Waals surface area contributed by atoms with Crippen LogP contribution >= 0.6 is 0 Å². The molecule has 82 valence electrons. The lowest BCUT2D eigenvalue weighted by Gasteiger charge is -2.18. The molecular formula is C12H17NO2. The Labute approximate surface area is 89.8 Å². The lowest BCUT2D eigenvalue weighted by Crippen LogP contribution is -2.07. The first-order chi connectivity index (χ1) is 7.33. The third-order valence-corrected chi connectivity index (χ3v) is 3.08. The van der Waals surface area contributed by atoms with Crippen LogP contribution < -0.4 is 5.90 Å². The summed E-state index contributed by atoms with van der Waals surface area (Å²) in [6, 6.07) is 4.11. The molecule has 1 aliphatic rings. The van der Waals surface area contributed by atoms with Gasteiger partial charge in [0.25, 0.3) is 0 Å². The fourth-order valence-corrected chi connectivity index (χ4v) is 2.23. The summed E-state index contributed by atoms with van der Waals surface area (Å²) in [5, 5.41) is 10.1. The van der Waals surface area contributed by atoms with Gasteiger partial charge in [-0.15, -0.1) is 0 Å². The van der Waals surface area contributed by atoms with Crippen LogP contribution in [-0.2, 0) is 24.1 Å². The maximum Gasteiger partial charge on any atom is 0.122 e. The number of aromatic hydroxyl groups is 1. The minimum atomic E-state index is 0.451. The minimum absolute atomic E-state index is 0.451. The first-order valence-electron chi connectivity index (χ1n) is 5.47. The molecule has 1 aromatic rings. The number of benzene rings is 1. The Morgan fingerprint density at radius 3 is 2.87 bits per heavy atom. The van der Waals surface area contributed by atoms with Crippen molar-refractivity contribution in [2.45, 2.75) is 32.1 Å². The van der Waals surface area contributed by atoms with E-state index in [1.807, 2.05) is 6.07 Å². The third kappa shape index (κ3) is 2.13. The van der Waals surface area contributed by atoms with Crippen molar-refractivity contribution >= 4 is 0 Å². The smallest absolute Gasteiger partial charge is 0.122 e. The molecule has 0 bridgehead atoms. The van der Waals surface area contributed by atoms with Gasteiger partial charge in [0.15, 0.2) is 0 Å². The summed E-state index contributed by atoms with van der Waals surface area (Å²) in [6.07, 6.45) is 5.18. The van der Waals surface area contributed by atoms with E-state index in [4.69, 9.17) is 5.90 Å². The molecule has 0 unspecified atom stereocenters. The second-order valence-electron chi connectivity index (χ2n) is 4.04. The Morgan fingerprint density at radius 2 is 2.07 bits per heavy atom. The minimum Gasteiger partial charge on any atom is -0.507 e. The quantitative estimate of drug-likeness (QED) is 0.742. The van der Waals surface area contributed by atoms with Crippen molar-refractivity contribution < 1.29 is 9.94 Å². The number of hydrogen-bond donors (Lipinski definition) is 2. The van der Waals surface area contributed by atoms with E-state index in [1.165, 1.54) is 18.4 Å². The molecule has 0 aliphatic heterocycles. The Kier molecular flexibility index (Phi) is 3.23. The number of phenolic OH excluding ortho intramolecular Hbond substituents is 1. The second-order valence-corrected chi connectivity index (χ2v) is 4.04. The molecular weight excluding hydrogens is 190 g/mol. The molecule has 3 heteroatoms. The van der Waals surface area contributed by atoms with Gasteiger partial charge in [-0.2, -0.15) is 0 Å². The standard InChI is InChI=1S/C12H17NO2/c13-15-8-7-10-6-5-9-3-1-2-4-11(9)12(10)14/h5-6,14H,1-4,7-8,13H2. The SMILES string of the molecule is NOCCc1ccc2c(c1O)CCCC2. The van der Waals surface area contributed by atoms with Gasteiger partial charge in [-0.3, -0.25) is 0 Å². The summed E-state index contributed by atoms with van der Waals surface area (Å²) in [7, 11) is 0. The fourth-order valence-electron chi connectivity index (χ4n) is 2.23. The van der Waals surface area contributed by atoms with Crippen LogP contribution in [0.3, 0.4) is 0 Å². The number of aryl methyl sites for hydroxylation is 1. The highest BCUT2D eigenvalue weighted by molar-refractivity contribution is 5.46. The average Bonchev–Trinajstić information content (AvgIpc) is 2.29. The van der Waals surface area contributed by atoms with E-state index in [0.717, 1.165) is 24.0 Å². The highest BCUT2D eigenvalue weighted by atomic mass is 16.6. The number of rotatable bonds is 3. The van der Waals surface area contributed by atoms with Crippen molar-refractivity contribution in [3.8, 4) is 5.75 Å². The lowest BCUT2D eigenvalue weighted by atomic mass is 9.89. The van der Waals surface area contributed by atoms with Gasteiger partial charge in [0, 0.05) is 6.42 Å². The van der Waals surface area contributed by atoms with Gasteiger partial charge >= 0.3 is 0 Å². The molecule has 0 spiro atoms. The zero-order chi connectivity index (χ0) is 10.7. The largest absolute Gasteiger partial charge is 0.507 e. The number of hydrogen-bond acceptors (Lipinski definition) is 3. The summed E-state index contributed by atoms with van der Waals surface area (Å²) in [5.41, 5.74) is 3.38. The molecule has 0 fully saturated rings. The number of phenols is 1. The number of nitrogens with two attached hydrogens (primary N) is 1. The van der Waals surface area contributed by atoms with Crippen LogP contribution in [0.25, 0.3) is 0 Å². The molecule has 3 N–H and O–H groups in total. The van der Waals surface area contributed by atoms with Crippen molar-refractivity contribution in [3.05, 3.63) is 28.8 Å². The van der Waals surface area contributed by atoms with E-state index in [-0.39, 0.29) is 0 Å². The summed E-state index contributed by atoms with van der Waals surface area (Å²) in [6.45, 7) is 0.451. The van der Waals surface area contributed by atoms with Crippen molar-refractivity contribution in [3.63, 3.8) is 0 Å². The monoisotopic (exact) mass is 207 g/mol. The van der Waals surface area contributed by atoms with Crippen LogP contribution in [0, 0.1) is 0 Å². The summed E-state index contributed by atoms with van der Waals surface area (Å²) in [4.78, 5) is 4.53. The Balaban J connectivity index is 2.26. The van der Waals surface area contributed by atoms with Crippen LogP contribution in [0.5, 0.6) is 5.75 Å². The van der Waals surface area contributed by atoms with Gasteiger partial charge in [0.1, 0.15) is 5.75 Å². The van der Waals surface area contributed by atoms with Crippen LogP contribution in [0.2, 0.25) is 0 Å². The van der Waals surface area contributed by atoms with Crippen LogP contribution in [0.4, 0.5) is 0 Å². The van der Waals surface area contributed by atoms with Crippen molar-refractivity contribution in [1.29, 1.82) is 0 Å². The molecule has 0 amide bonds. The summed E-state index contributed by atoms with van der Waals surface area (Å²) in [5.74, 6) is 5.44. The number of fused-ring (bicyclic) bond motifs is 1. The fraction of sp³-hybridized carbons (Fsp3) is 0.500. The van der Waals surface area contributed by atoms with E-state index >= 15 is 0 Å². The lowest BCUT2D eigenvalue weighted by molar-refractivity contribution is 0.140. The first kappa shape index (κ1) is 10.5. The predicted molar refractivity (Wildman–Crippen MR) is 58.6 cm³/mol. The Bertz CT molecular complexity index is 350. The van der Waals surface area contributed by atoms with Gasteiger partial charge < -0.3 is 9.94 Å². The van der Waals surface area contributed by atoms with Crippen molar-refractivity contribution in [2.24, 2.45) is 5.90 Å². The second kappa shape index (κ2) is 4.64. The van der Waals surface area contributed by atoms with Crippen LogP contribution in [0.15, 0.2) is 12.1 Å². The molecule has 0 atom stereocenters. The van der Waals surface area contributed by atoms with Gasteiger partial charge in [-0.1, -0.05) is 12.1 Å². The first-order valence-corrected chi connectivity index (χ1v) is 5.47. The van der Waals surface area contributed by atoms with Gasteiger partial charge in [0.2, 0.25) is 0 Å². The molecule has 0 saturated carbocycles. The maximum atomic E-state index is 10.1. The molecule has 0 radical (unpaired) electrons. The highest BCUT2D eigenvalue weighted by Gasteiger charge is 2.15. The van der Waals surface area contributed by atoms with Crippen LogP contribution in [0.1, 0.15) is 29.5 Å². The topological polar surface area (TPSA) is 55.5 Å². The molecule has 0 aromatic heterocycles. The maximum absolute atomic E-state index is 10.1. The normalized spacial score (nSPS) is 15.0. The summed E-state index contributed by atoms with van der Waals surface area (Å²) < 4.78 is 0. The van der Waals surface area contributed by atoms with Gasteiger partial charge in [0.05, 0.1) is 6.61 Å². The molecule has 2 rings (SSSR count). The highest BCUT2D eigenvalue weighted by Crippen LogP contribution is 2.32. The van der Waals surface area contributed by atoms with E-state index in [0.29, 0.717) is 18.8 Å². The molecule has 3 nitrogen and oxygen atoms in total. The van der Waals surface area contributed by atoms with Crippen LogP contribution in [-0.4, -0.2) is 11.7 Å². The molecule has 1 aliphatic carbocycles.